The van der Waals surface area contributed by atoms with Crippen molar-refractivity contribution in [3.05, 3.63) is 78.2 Å². The summed E-state index contributed by atoms with van der Waals surface area (Å²) in [6.07, 6.45) is 5.89. The van der Waals surface area contributed by atoms with Crippen molar-refractivity contribution >= 4 is 16.8 Å². The maximum Gasteiger partial charge on any atom is 0.321 e. The molecule has 162 valence electrons. The van der Waals surface area contributed by atoms with E-state index in [-0.39, 0.29) is 17.8 Å². The van der Waals surface area contributed by atoms with Crippen LogP contribution in [0.2, 0.25) is 0 Å². The fourth-order valence-corrected chi connectivity index (χ4v) is 4.03. The zero-order valence-electron chi connectivity index (χ0n) is 17.5. The van der Waals surface area contributed by atoms with Crippen molar-refractivity contribution in [1.82, 2.24) is 25.1 Å². The normalized spacial score (nSPS) is 16.6. The quantitative estimate of drug-likeness (QED) is 0.522. The Bertz CT molecular complexity index is 1210. The highest BCUT2D eigenvalue weighted by molar-refractivity contribution is 5.94. The summed E-state index contributed by atoms with van der Waals surface area (Å²) < 4.78 is 11.5. The molecule has 2 aromatic carbocycles. The van der Waals surface area contributed by atoms with Gasteiger partial charge in [0.05, 0.1) is 24.9 Å². The van der Waals surface area contributed by atoms with Crippen LogP contribution in [-0.2, 0) is 11.2 Å². The van der Waals surface area contributed by atoms with E-state index in [4.69, 9.17) is 9.47 Å². The van der Waals surface area contributed by atoms with Crippen molar-refractivity contribution in [2.75, 3.05) is 26.3 Å². The third-order valence-corrected chi connectivity index (χ3v) is 5.54. The third-order valence-electron chi connectivity index (χ3n) is 5.54. The van der Waals surface area contributed by atoms with Crippen molar-refractivity contribution < 1.29 is 14.3 Å². The fraction of sp³-hybridized carbons (Fsp3) is 0.250. The van der Waals surface area contributed by atoms with Gasteiger partial charge in [0.15, 0.2) is 0 Å². The van der Waals surface area contributed by atoms with Crippen molar-refractivity contribution in [1.29, 1.82) is 0 Å². The van der Waals surface area contributed by atoms with Gasteiger partial charge in [-0.05, 0) is 42.3 Å². The molecular weight excluding hydrogens is 406 g/mol. The molecule has 1 amide bonds. The lowest BCUT2D eigenvalue weighted by Crippen LogP contribution is -2.36. The maximum absolute atomic E-state index is 13.3. The number of benzene rings is 2. The monoisotopic (exact) mass is 429 g/mol. The number of H-pyrrole nitrogens is 1. The van der Waals surface area contributed by atoms with Crippen LogP contribution in [0.3, 0.4) is 0 Å². The van der Waals surface area contributed by atoms with Gasteiger partial charge in [-0.1, -0.05) is 18.2 Å². The molecule has 1 saturated heterocycles. The standard InChI is InChI=1S/C24H23N5O3/c30-23(19-5-1-6-20(13-19)32-24-25-8-3-9-26-24)29-10-11-31-16-17(15-29)12-18-4-2-7-22-21(18)14-27-28-22/h1-9,13-14,17H,10-12,15-16H2,(H,27,28)/t17-/m1/s1. The second-order valence-corrected chi connectivity index (χ2v) is 7.81. The molecule has 0 aliphatic carbocycles. The van der Waals surface area contributed by atoms with Crippen molar-refractivity contribution in [2.24, 2.45) is 5.92 Å². The maximum atomic E-state index is 13.3. The van der Waals surface area contributed by atoms with Gasteiger partial charge in [0.25, 0.3) is 5.91 Å². The lowest BCUT2D eigenvalue weighted by atomic mass is 9.97. The number of fused-ring (bicyclic) bond motifs is 1. The Morgan fingerprint density at radius 3 is 2.94 bits per heavy atom. The summed E-state index contributed by atoms with van der Waals surface area (Å²) in [6.45, 7) is 2.32. The molecule has 3 heterocycles. The van der Waals surface area contributed by atoms with Gasteiger partial charge in [0, 0.05) is 42.4 Å². The first-order valence-electron chi connectivity index (χ1n) is 10.6. The highest BCUT2D eigenvalue weighted by Crippen LogP contribution is 2.23. The molecule has 32 heavy (non-hydrogen) atoms. The largest absolute Gasteiger partial charge is 0.424 e. The molecule has 0 unspecified atom stereocenters. The summed E-state index contributed by atoms with van der Waals surface area (Å²) in [7, 11) is 0. The lowest BCUT2D eigenvalue weighted by Gasteiger charge is -2.24. The number of hydrogen-bond acceptors (Lipinski definition) is 6. The second kappa shape index (κ2) is 9.15. The summed E-state index contributed by atoms with van der Waals surface area (Å²) in [5, 5.41) is 8.28. The van der Waals surface area contributed by atoms with E-state index in [1.54, 1.807) is 42.7 Å². The van der Waals surface area contributed by atoms with E-state index >= 15 is 0 Å². The fourth-order valence-electron chi connectivity index (χ4n) is 4.03. The number of nitrogens with zero attached hydrogens (tertiary/aromatic N) is 4. The van der Waals surface area contributed by atoms with E-state index in [0.717, 1.165) is 17.3 Å². The molecule has 5 rings (SSSR count). The molecule has 8 heteroatoms. The molecule has 8 nitrogen and oxygen atoms in total. The Labute approximate surface area is 185 Å². The van der Waals surface area contributed by atoms with Crippen LogP contribution in [0, 0.1) is 5.92 Å². The van der Waals surface area contributed by atoms with Gasteiger partial charge in [0.1, 0.15) is 5.75 Å². The van der Waals surface area contributed by atoms with Crippen LogP contribution < -0.4 is 4.74 Å². The van der Waals surface area contributed by atoms with E-state index in [9.17, 15) is 4.79 Å². The van der Waals surface area contributed by atoms with Crippen LogP contribution in [0.25, 0.3) is 10.9 Å². The minimum Gasteiger partial charge on any atom is -0.424 e. The van der Waals surface area contributed by atoms with Crippen molar-refractivity contribution in [3.63, 3.8) is 0 Å². The smallest absolute Gasteiger partial charge is 0.321 e. The molecule has 2 aromatic heterocycles. The number of hydrogen-bond donors (Lipinski definition) is 1. The first-order valence-corrected chi connectivity index (χ1v) is 10.6. The number of aromatic amines is 1. The van der Waals surface area contributed by atoms with Crippen molar-refractivity contribution in [2.45, 2.75) is 6.42 Å². The van der Waals surface area contributed by atoms with Gasteiger partial charge < -0.3 is 14.4 Å². The zero-order valence-corrected chi connectivity index (χ0v) is 17.5. The molecule has 1 N–H and O–H groups in total. The molecule has 0 radical (unpaired) electrons. The van der Waals surface area contributed by atoms with Gasteiger partial charge in [-0.2, -0.15) is 5.10 Å². The molecule has 1 aliphatic heterocycles. The lowest BCUT2D eigenvalue weighted by molar-refractivity contribution is 0.0737. The number of nitrogens with one attached hydrogen (secondary N) is 1. The summed E-state index contributed by atoms with van der Waals surface area (Å²) in [5.74, 6) is 0.678. The van der Waals surface area contributed by atoms with Crippen LogP contribution >= 0.6 is 0 Å². The summed E-state index contributed by atoms with van der Waals surface area (Å²) in [4.78, 5) is 23.3. The van der Waals surface area contributed by atoms with E-state index in [2.05, 4.69) is 26.2 Å². The molecular formula is C24H23N5O3. The average Bonchev–Trinajstić information content (AvgIpc) is 3.19. The Kier molecular flexibility index (Phi) is 5.76. The molecule has 4 aromatic rings. The average molecular weight is 429 g/mol. The SMILES string of the molecule is O=C(c1cccc(Oc2ncccn2)c1)N1CCOC[C@H](Cc2cccc3[nH]ncc23)C1. The predicted molar refractivity (Wildman–Crippen MR) is 119 cm³/mol. The molecule has 1 fully saturated rings. The summed E-state index contributed by atoms with van der Waals surface area (Å²) in [6, 6.07) is 15.2. The van der Waals surface area contributed by atoms with E-state index < -0.39 is 0 Å². The van der Waals surface area contributed by atoms with Crippen LogP contribution in [-0.4, -0.2) is 57.3 Å². The number of ether oxygens (including phenoxy) is 2. The number of rotatable bonds is 5. The van der Waals surface area contributed by atoms with Crippen LogP contribution in [0.4, 0.5) is 0 Å². The Morgan fingerprint density at radius 2 is 2.03 bits per heavy atom. The molecule has 0 bridgehead atoms. The van der Waals surface area contributed by atoms with E-state index in [1.165, 1.54) is 5.56 Å². The van der Waals surface area contributed by atoms with Crippen molar-refractivity contribution in [3.8, 4) is 11.8 Å². The third kappa shape index (κ3) is 4.45. The first kappa shape index (κ1) is 20.1. The van der Waals surface area contributed by atoms with Crippen LogP contribution in [0.5, 0.6) is 11.8 Å². The Hall–Kier alpha value is -3.78. The topological polar surface area (TPSA) is 93.2 Å². The number of aromatic nitrogens is 4. The number of carbonyl (C=O) groups is 1. The van der Waals surface area contributed by atoms with E-state index in [1.807, 2.05) is 23.2 Å². The van der Waals surface area contributed by atoms with Crippen LogP contribution in [0.1, 0.15) is 15.9 Å². The predicted octanol–water partition coefficient (Wildman–Crippen LogP) is 3.48. The first-order chi connectivity index (χ1) is 15.8. The van der Waals surface area contributed by atoms with Gasteiger partial charge in [0.2, 0.25) is 0 Å². The highest BCUT2D eigenvalue weighted by Gasteiger charge is 2.24. The number of amides is 1. The molecule has 1 aliphatic rings. The van der Waals surface area contributed by atoms with E-state index in [0.29, 0.717) is 37.6 Å². The summed E-state index contributed by atoms with van der Waals surface area (Å²) >= 11 is 0. The molecule has 0 spiro atoms. The highest BCUT2D eigenvalue weighted by atomic mass is 16.5. The van der Waals surface area contributed by atoms with Gasteiger partial charge >= 0.3 is 6.01 Å². The van der Waals surface area contributed by atoms with Gasteiger partial charge in [-0.15, -0.1) is 0 Å². The number of carbonyl (C=O) groups excluding carboxylic acids is 1. The molecule has 0 saturated carbocycles. The zero-order chi connectivity index (χ0) is 21.8. The minimum absolute atomic E-state index is 0.0403. The Balaban J connectivity index is 1.31. The Morgan fingerprint density at radius 1 is 1.16 bits per heavy atom. The van der Waals surface area contributed by atoms with Gasteiger partial charge in [-0.3, -0.25) is 9.89 Å². The summed E-state index contributed by atoms with van der Waals surface area (Å²) in [5.41, 5.74) is 2.79. The second-order valence-electron chi connectivity index (χ2n) is 7.81. The van der Waals surface area contributed by atoms with Gasteiger partial charge in [-0.25, -0.2) is 9.97 Å². The van der Waals surface area contributed by atoms with Crippen LogP contribution in [0.15, 0.2) is 67.1 Å². The minimum atomic E-state index is -0.0403. The molecule has 1 atom stereocenters.